The van der Waals surface area contributed by atoms with Crippen molar-refractivity contribution in [2.24, 2.45) is 0 Å². The summed E-state index contributed by atoms with van der Waals surface area (Å²) >= 11 is 0. The van der Waals surface area contributed by atoms with Crippen molar-refractivity contribution in [2.75, 3.05) is 13.1 Å². The molecule has 1 aliphatic heterocycles. The summed E-state index contributed by atoms with van der Waals surface area (Å²) in [6, 6.07) is 18.3. The van der Waals surface area contributed by atoms with Gasteiger partial charge in [0.25, 0.3) is 0 Å². The van der Waals surface area contributed by atoms with Crippen molar-refractivity contribution in [2.45, 2.75) is 38.3 Å². The highest BCUT2D eigenvalue weighted by molar-refractivity contribution is 5.30. The second kappa shape index (κ2) is 7.92. The molecule has 5 heteroatoms. The molecule has 0 saturated carbocycles. The summed E-state index contributed by atoms with van der Waals surface area (Å²) in [6.07, 6.45) is 4.29. The van der Waals surface area contributed by atoms with Gasteiger partial charge in [-0.1, -0.05) is 47.7 Å². The van der Waals surface area contributed by atoms with E-state index in [1.807, 2.05) is 22.9 Å². The van der Waals surface area contributed by atoms with Gasteiger partial charge in [-0.25, -0.2) is 4.68 Å². The van der Waals surface area contributed by atoms with Crippen LogP contribution >= 0.6 is 0 Å². The minimum atomic E-state index is 0.184. The molecular weight excluding hydrogens is 336 g/mol. The molecule has 1 saturated heterocycles. The molecule has 0 aliphatic carbocycles. The Morgan fingerprint density at radius 1 is 1.07 bits per heavy atom. The lowest BCUT2D eigenvalue weighted by atomic mass is 9.89. The zero-order chi connectivity index (χ0) is 18.6. The number of phenolic OH excluding ortho intramolecular Hbond substituents is 1. The molecule has 1 aliphatic rings. The Labute approximate surface area is 160 Å². The molecule has 0 unspecified atom stereocenters. The molecule has 0 amide bonds. The molecule has 140 valence electrons. The number of aromatic hydroxyl groups is 1. The molecule has 5 nitrogen and oxygen atoms in total. The Morgan fingerprint density at radius 3 is 2.59 bits per heavy atom. The van der Waals surface area contributed by atoms with Crippen LogP contribution in [-0.2, 0) is 6.54 Å². The number of benzene rings is 2. The van der Waals surface area contributed by atoms with Gasteiger partial charge in [-0.2, -0.15) is 0 Å². The van der Waals surface area contributed by atoms with Crippen molar-refractivity contribution in [3.05, 3.63) is 77.6 Å². The molecular formula is C22H26N4O. The summed E-state index contributed by atoms with van der Waals surface area (Å²) in [4.78, 5) is 2.45. The lowest BCUT2D eigenvalue weighted by Crippen LogP contribution is -2.32. The Kier molecular flexibility index (Phi) is 5.21. The third kappa shape index (κ3) is 4.19. The van der Waals surface area contributed by atoms with Crippen LogP contribution in [0.4, 0.5) is 0 Å². The van der Waals surface area contributed by atoms with Crippen molar-refractivity contribution >= 4 is 0 Å². The van der Waals surface area contributed by atoms with E-state index in [9.17, 15) is 5.11 Å². The quantitative estimate of drug-likeness (QED) is 0.746. The lowest BCUT2D eigenvalue weighted by molar-refractivity contribution is 0.202. The Morgan fingerprint density at radius 2 is 1.85 bits per heavy atom. The highest BCUT2D eigenvalue weighted by atomic mass is 16.3. The Bertz CT molecular complexity index is 869. The summed E-state index contributed by atoms with van der Waals surface area (Å²) in [5, 5.41) is 18.4. The second-order valence-electron chi connectivity index (χ2n) is 7.42. The van der Waals surface area contributed by atoms with Gasteiger partial charge in [0.1, 0.15) is 5.75 Å². The summed E-state index contributed by atoms with van der Waals surface area (Å²) in [5.74, 6) is 0.890. The van der Waals surface area contributed by atoms with E-state index in [4.69, 9.17) is 0 Å². The van der Waals surface area contributed by atoms with Gasteiger partial charge < -0.3 is 5.11 Å². The number of piperidine rings is 1. The van der Waals surface area contributed by atoms with Gasteiger partial charge in [-0.05, 0) is 62.0 Å². The SMILES string of the molecule is C[C@H](c1ccccc1)n1cc(CN2CCC(c3cccc(O)c3)CC2)nn1. The smallest absolute Gasteiger partial charge is 0.115 e. The fraction of sp³-hybridized carbons (Fsp3) is 0.364. The van der Waals surface area contributed by atoms with Crippen LogP contribution in [0.1, 0.15) is 48.5 Å². The van der Waals surface area contributed by atoms with E-state index in [-0.39, 0.29) is 6.04 Å². The van der Waals surface area contributed by atoms with Crippen LogP contribution in [-0.4, -0.2) is 38.1 Å². The molecule has 0 radical (unpaired) electrons. The van der Waals surface area contributed by atoms with Crippen molar-refractivity contribution in [1.82, 2.24) is 19.9 Å². The van der Waals surface area contributed by atoms with Crippen LogP contribution in [0.15, 0.2) is 60.8 Å². The van der Waals surface area contributed by atoms with Crippen molar-refractivity contribution in [3.63, 3.8) is 0 Å². The van der Waals surface area contributed by atoms with E-state index < -0.39 is 0 Å². The topological polar surface area (TPSA) is 54.2 Å². The average molecular weight is 362 g/mol. The van der Waals surface area contributed by atoms with Crippen molar-refractivity contribution in [1.29, 1.82) is 0 Å². The molecule has 0 spiro atoms. The van der Waals surface area contributed by atoms with Gasteiger partial charge in [0.15, 0.2) is 0 Å². The second-order valence-corrected chi connectivity index (χ2v) is 7.42. The van der Waals surface area contributed by atoms with Gasteiger partial charge in [0.05, 0.1) is 17.9 Å². The maximum absolute atomic E-state index is 9.69. The molecule has 4 rings (SSSR count). The van der Waals surface area contributed by atoms with Crippen LogP contribution in [0, 0.1) is 0 Å². The summed E-state index contributed by atoms with van der Waals surface area (Å²) in [6.45, 7) is 5.08. The van der Waals surface area contributed by atoms with E-state index in [2.05, 4.69) is 58.7 Å². The minimum Gasteiger partial charge on any atom is -0.508 e. The monoisotopic (exact) mass is 362 g/mol. The summed E-state index contributed by atoms with van der Waals surface area (Å²) < 4.78 is 1.95. The van der Waals surface area contributed by atoms with Gasteiger partial charge in [-0.15, -0.1) is 5.10 Å². The van der Waals surface area contributed by atoms with Gasteiger partial charge >= 0.3 is 0 Å². The molecule has 0 bridgehead atoms. The minimum absolute atomic E-state index is 0.184. The first-order chi connectivity index (χ1) is 13.2. The summed E-state index contributed by atoms with van der Waals surface area (Å²) in [7, 11) is 0. The predicted molar refractivity (Wildman–Crippen MR) is 106 cm³/mol. The number of rotatable bonds is 5. The molecule has 1 N–H and O–H groups in total. The highest BCUT2D eigenvalue weighted by Crippen LogP contribution is 2.30. The van der Waals surface area contributed by atoms with Gasteiger partial charge in [0, 0.05) is 6.54 Å². The number of phenols is 1. The number of nitrogens with zero attached hydrogens (tertiary/aromatic N) is 4. The number of hydrogen-bond donors (Lipinski definition) is 1. The van der Waals surface area contributed by atoms with Crippen LogP contribution < -0.4 is 0 Å². The van der Waals surface area contributed by atoms with Gasteiger partial charge in [-0.3, -0.25) is 4.90 Å². The normalized spacial score (nSPS) is 17.1. The zero-order valence-corrected chi connectivity index (χ0v) is 15.7. The molecule has 2 aromatic carbocycles. The fourth-order valence-electron chi connectivity index (χ4n) is 3.89. The van der Waals surface area contributed by atoms with E-state index in [0.717, 1.165) is 38.2 Å². The van der Waals surface area contributed by atoms with E-state index >= 15 is 0 Å². The average Bonchev–Trinajstić information content (AvgIpc) is 3.17. The first-order valence-electron chi connectivity index (χ1n) is 9.66. The molecule has 1 fully saturated rings. The third-order valence-corrected chi connectivity index (χ3v) is 5.55. The highest BCUT2D eigenvalue weighted by Gasteiger charge is 2.22. The van der Waals surface area contributed by atoms with Crippen LogP contribution in [0.25, 0.3) is 0 Å². The van der Waals surface area contributed by atoms with Crippen molar-refractivity contribution in [3.8, 4) is 5.75 Å². The van der Waals surface area contributed by atoms with E-state index in [1.165, 1.54) is 11.1 Å². The summed E-state index contributed by atoms with van der Waals surface area (Å²) in [5.41, 5.74) is 3.51. The Hall–Kier alpha value is -2.66. The largest absolute Gasteiger partial charge is 0.508 e. The molecule has 27 heavy (non-hydrogen) atoms. The fourth-order valence-corrected chi connectivity index (χ4v) is 3.89. The Balaban J connectivity index is 1.34. The number of hydrogen-bond acceptors (Lipinski definition) is 4. The van der Waals surface area contributed by atoms with Crippen LogP contribution in [0.2, 0.25) is 0 Å². The van der Waals surface area contributed by atoms with Crippen LogP contribution in [0.3, 0.4) is 0 Å². The molecule has 1 atom stereocenters. The number of likely N-dealkylation sites (tertiary alicyclic amines) is 1. The standard InChI is InChI=1S/C22H26N4O/c1-17(18-6-3-2-4-7-18)26-16-21(23-24-26)15-25-12-10-19(11-13-25)20-8-5-9-22(27)14-20/h2-9,14,16-17,19,27H,10-13,15H2,1H3/t17-/m1/s1. The molecule has 1 aromatic heterocycles. The first kappa shape index (κ1) is 17.7. The zero-order valence-electron chi connectivity index (χ0n) is 15.7. The van der Waals surface area contributed by atoms with E-state index in [1.54, 1.807) is 6.07 Å². The maximum Gasteiger partial charge on any atom is 0.115 e. The third-order valence-electron chi connectivity index (χ3n) is 5.55. The van der Waals surface area contributed by atoms with Crippen molar-refractivity contribution < 1.29 is 5.11 Å². The maximum atomic E-state index is 9.69. The first-order valence-corrected chi connectivity index (χ1v) is 9.66. The van der Waals surface area contributed by atoms with Crippen LogP contribution in [0.5, 0.6) is 5.75 Å². The molecule has 2 heterocycles. The van der Waals surface area contributed by atoms with Gasteiger partial charge in [0.2, 0.25) is 0 Å². The predicted octanol–water partition coefficient (Wildman–Crippen LogP) is 3.97. The lowest BCUT2D eigenvalue weighted by Gasteiger charge is -2.31. The van der Waals surface area contributed by atoms with E-state index in [0.29, 0.717) is 11.7 Å². The molecule has 3 aromatic rings. The number of aromatic nitrogens is 3.